The normalized spacial score (nSPS) is 16.4. The van der Waals surface area contributed by atoms with E-state index in [4.69, 9.17) is 5.73 Å². The molecule has 1 aliphatic rings. The Kier molecular flexibility index (Phi) is 2.62. The SMILES string of the molecule is Cc1c(N)cccc1NCC1CCC1. The first-order chi connectivity index (χ1) is 6.77. The van der Waals surface area contributed by atoms with Crippen LogP contribution in [0.4, 0.5) is 11.4 Å². The monoisotopic (exact) mass is 190 g/mol. The van der Waals surface area contributed by atoms with Gasteiger partial charge in [0.25, 0.3) is 0 Å². The Balaban J connectivity index is 1.97. The molecule has 3 N–H and O–H groups in total. The fourth-order valence-electron chi connectivity index (χ4n) is 1.80. The summed E-state index contributed by atoms with van der Waals surface area (Å²) in [7, 11) is 0. The highest BCUT2D eigenvalue weighted by molar-refractivity contribution is 5.62. The summed E-state index contributed by atoms with van der Waals surface area (Å²) in [5, 5.41) is 3.48. The average Bonchev–Trinajstić information content (AvgIpc) is 2.09. The number of benzene rings is 1. The minimum atomic E-state index is 0.878. The molecule has 14 heavy (non-hydrogen) atoms. The van der Waals surface area contributed by atoms with Crippen LogP contribution in [0.2, 0.25) is 0 Å². The van der Waals surface area contributed by atoms with Gasteiger partial charge < -0.3 is 11.1 Å². The van der Waals surface area contributed by atoms with Crippen LogP contribution in [0.25, 0.3) is 0 Å². The van der Waals surface area contributed by atoms with Gasteiger partial charge in [-0.25, -0.2) is 0 Å². The van der Waals surface area contributed by atoms with Crippen molar-refractivity contribution < 1.29 is 0 Å². The van der Waals surface area contributed by atoms with Crippen molar-refractivity contribution >= 4 is 11.4 Å². The van der Waals surface area contributed by atoms with E-state index in [2.05, 4.69) is 18.3 Å². The summed E-state index contributed by atoms with van der Waals surface area (Å²) in [5.41, 5.74) is 9.08. The fourth-order valence-corrected chi connectivity index (χ4v) is 1.80. The molecule has 0 aromatic heterocycles. The molecule has 1 aromatic rings. The second-order valence-electron chi connectivity index (χ2n) is 4.20. The van der Waals surface area contributed by atoms with Crippen LogP contribution in [0.1, 0.15) is 24.8 Å². The molecule has 0 spiro atoms. The van der Waals surface area contributed by atoms with Gasteiger partial charge in [0.05, 0.1) is 0 Å². The molecule has 0 amide bonds. The maximum Gasteiger partial charge on any atom is 0.0390 e. The van der Waals surface area contributed by atoms with E-state index in [0.29, 0.717) is 0 Å². The van der Waals surface area contributed by atoms with Gasteiger partial charge in [0.15, 0.2) is 0 Å². The Morgan fingerprint density at radius 3 is 2.86 bits per heavy atom. The molecule has 1 aromatic carbocycles. The Labute approximate surface area is 85.5 Å². The number of hydrogen-bond acceptors (Lipinski definition) is 2. The van der Waals surface area contributed by atoms with Crippen LogP contribution >= 0.6 is 0 Å². The van der Waals surface area contributed by atoms with Crippen LogP contribution in [-0.2, 0) is 0 Å². The van der Waals surface area contributed by atoms with Crippen molar-refractivity contribution in [2.45, 2.75) is 26.2 Å². The van der Waals surface area contributed by atoms with Crippen molar-refractivity contribution in [3.05, 3.63) is 23.8 Å². The maximum absolute atomic E-state index is 5.83. The first-order valence-electron chi connectivity index (χ1n) is 5.36. The molecule has 0 bridgehead atoms. The molecular weight excluding hydrogens is 172 g/mol. The summed E-state index contributed by atoms with van der Waals surface area (Å²) in [5.74, 6) is 0.885. The summed E-state index contributed by atoms with van der Waals surface area (Å²) in [6.45, 7) is 3.17. The Hall–Kier alpha value is -1.18. The lowest BCUT2D eigenvalue weighted by molar-refractivity contribution is 0.333. The van der Waals surface area contributed by atoms with Gasteiger partial charge in [-0.15, -0.1) is 0 Å². The molecule has 0 atom stereocenters. The van der Waals surface area contributed by atoms with Gasteiger partial charge in [-0.3, -0.25) is 0 Å². The van der Waals surface area contributed by atoms with E-state index in [1.54, 1.807) is 0 Å². The summed E-state index contributed by atoms with van der Waals surface area (Å²) in [6, 6.07) is 6.06. The third-order valence-electron chi connectivity index (χ3n) is 3.18. The molecule has 76 valence electrons. The van der Waals surface area contributed by atoms with Gasteiger partial charge in [0.1, 0.15) is 0 Å². The second-order valence-corrected chi connectivity index (χ2v) is 4.20. The second kappa shape index (κ2) is 3.91. The van der Waals surface area contributed by atoms with Gasteiger partial charge >= 0.3 is 0 Å². The number of rotatable bonds is 3. The van der Waals surface area contributed by atoms with Gasteiger partial charge in [-0.2, -0.15) is 0 Å². The predicted octanol–water partition coefficient (Wildman–Crippen LogP) is 2.79. The van der Waals surface area contributed by atoms with Crippen molar-refractivity contribution in [3.8, 4) is 0 Å². The van der Waals surface area contributed by atoms with E-state index >= 15 is 0 Å². The smallest absolute Gasteiger partial charge is 0.0390 e. The van der Waals surface area contributed by atoms with Crippen molar-refractivity contribution in [2.24, 2.45) is 5.92 Å². The molecule has 0 saturated heterocycles. The Bertz CT molecular complexity index is 316. The van der Waals surface area contributed by atoms with Crippen molar-refractivity contribution in [1.29, 1.82) is 0 Å². The topological polar surface area (TPSA) is 38.0 Å². The summed E-state index contributed by atoms with van der Waals surface area (Å²) in [4.78, 5) is 0. The molecule has 2 nitrogen and oxygen atoms in total. The van der Waals surface area contributed by atoms with Crippen LogP contribution in [0.5, 0.6) is 0 Å². The fraction of sp³-hybridized carbons (Fsp3) is 0.500. The lowest BCUT2D eigenvalue weighted by Gasteiger charge is -2.26. The first-order valence-corrected chi connectivity index (χ1v) is 5.36. The molecule has 1 saturated carbocycles. The number of nitrogen functional groups attached to an aromatic ring is 1. The van der Waals surface area contributed by atoms with Crippen molar-refractivity contribution in [3.63, 3.8) is 0 Å². The van der Waals surface area contributed by atoms with Gasteiger partial charge in [0, 0.05) is 17.9 Å². The molecular formula is C12H18N2. The highest BCUT2D eigenvalue weighted by Gasteiger charge is 2.16. The number of hydrogen-bond donors (Lipinski definition) is 2. The minimum absolute atomic E-state index is 0.878. The zero-order valence-corrected chi connectivity index (χ0v) is 8.72. The minimum Gasteiger partial charge on any atom is -0.398 e. The highest BCUT2D eigenvalue weighted by Crippen LogP contribution is 2.27. The standard InChI is InChI=1S/C12H18N2/c1-9-11(13)6-3-7-12(9)14-8-10-4-2-5-10/h3,6-7,10,14H,2,4-5,8,13H2,1H3. The van der Waals surface area contributed by atoms with Crippen molar-refractivity contribution in [1.82, 2.24) is 0 Å². The lowest BCUT2D eigenvalue weighted by atomic mass is 9.85. The summed E-state index contributed by atoms with van der Waals surface area (Å²) in [6.07, 6.45) is 4.17. The van der Waals surface area contributed by atoms with E-state index in [1.165, 1.54) is 30.5 Å². The predicted molar refractivity (Wildman–Crippen MR) is 61.4 cm³/mol. The van der Waals surface area contributed by atoms with Crippen LogP contribution < -0.4 is 11.1 Å². The molecule has 1 aliphatic carbocycles. The number of nitrogens with two attached hydrogens (primary N) is 1. The van der Waals surface area contributed by atoms with E-state index in [-0.39, 0.29) is 0 Å². The first kappa shape index (κ1) is 9.38. The summed E-state index contributed by atoms with van der Waals surface area (Å²) < 4.78 is 0. The van der Waals surface area contributed by atoms with Crippen LogP contribution in [0, 0.1) is 12.8 Å². The quantitative estimate of drug-likeness (QED) is 0.719. The number of nitrogens with one attached hydrogen (secondary N) is 1. The van der Waals surface area contributed by atoms with Crippen LogP contribution in [0.3, 0.4) is 0 Å². The van der Waals surface area contributed by atoms with E-state index in [9.17, 15) is 0 Å². The lowest BCUT2D eigenvalue weighted by Crippen LogP contribution is -2.21. The van der Waals surface area contributed by atoms with E-state index < -0.39 is 0 Å². The molecule has 0 unspecified atom stereocenters. The van der Waals surface area contributed by atoms with Crippen molar-refractivity contribution in [2.75, 3.05) is 17.6 Å². The van der Waals surface area contributed by atoms with Gasteiger partial charge in [-0.05, 0) is 43.4 Å². The number of anilines is 2. The molecule has 0 heterocycles. The third kappa shape index (κ3) is 1.84. The largest absolute Gasteiger partial charge is 0.398 e. The third-order valence-corrected chi connectivity index (χ3v) is 3.18. The highest BCUT2D eigenvalue weighted by atomic mass is 14.9. The average molecular weight is 190 g/mol. The van der Waals surface area contributed by atoms with E-state index in [1.807, 2.05) is 12.1 Å². The van der Waals surface area contributed by atoms with Crippen LogP contribution in [-0.4, -0.2) is 6.54 Å². The molecule has 2 rings (SSSR count). The zero-order valence-electron chi connectivity index (χ0n) is 8.72. The molecule has 2 heteroatoms. The van der Waals surface area contributed by atoms with E-state index in [0.717, 1.165) is 18.2 Å². The van der Waals surface area contributed by atoms with Crippen LogP contribution in [0.15, 0.2) is 18.2 Å². The molecule has 0 aliphatic heterocycles. The maximum atomic E-state index is 5.83. The Morgan fingerprint density at radius 2 is 2.21 bits per heavy atom. The van der Waals surface area contributed by atoms with Gasteiger partial charge in [0.2, 0.25) is 0 Å². The summed E-state index contributed by atoms with van der Waals surface area (Å²) >= 11 is 0. The molecule has 0 radical (unpaired) electrons. The molecule has 1 fully saturated rings. The van der Waals surface area contributed by atoms with Gasteiger partial charge in [-0.1, -0.05) is 12.5 Å². The Morgan fingerprint density at radius 1 is 1.43 bits per heavy atom. The zero-order chi connectivity index (χ0) is 9.97.